The summed E-state index contributed by atoms with van der Waals surface area (Å²) in [7, 11) is 0. The lowest BCUT2D eigenvalue weighted by molar-refractivity contribution is 0.227. The fourth-order valence-corrected chi connectivity index (χ4v) is 0.180. The molecule has 2 N–H and O–H groups in total. The lowest BCUT2D eigenvalue weighted by Crippen LogP contribution is -1.95. The van der Waals surface area contributed by atoms with Gasteiger partial charge in [0.2, 0.25) is 5.88 Å². The van der Waals surface area contributed by atoms with Gasteiger partial charge in [0.1, 0.15) is 0 Å². The van der Waals surface area contributed by atoms with Crippen molar-refractivity contribution >= 4 is 6.21 Å². The van der Waals surface area contributed by atoms with Crippen LogP contribution in [0.3, 0.4) is 0 Å². The lowest BCUT2D eigenvalue weighted by atomic mass is 10.6. The first kappa shape index (κ1) is 7.01. The summed E-state index contributed by atoms with van der Waals surface area (Å²) in [5, 5.41) is 3.44. The third-order valence-corrected chi connectivity index (χ3v) is 0.427. The maximum absolute atomic E-state index is 5.00. The summed E-state index contributed by atoms with van der Waals surface area (Å²) in [4.78, 5) is 4.43. The summed E-state index contributed by atoms with van der Waals surface area (Å²) in [6, 6.07) is 0. The molecular weight excluding hydrogens is 104 g/mol. The molecule has 0 bridgehead atoms. The second-order valence-electron chi connectivity index (χ2n) is 1.25. The topological polar surface area (TPSA) is 47.6 Å². The molecule has 0 atom stereocenters. The molecule has 0 aromatic rings. The van der Waals surface area contributed by atoms with Gasteiger partial charge in [0, 0.05) is 6.21 Å². The molecule has 0 rings (SSSR count). The number of hydrogen-bond donors (Lipinski definition) is 1. The predicted molar refractivity (Wildman–Crippen MR) is 33.2 cm³/mol. The largest absolute Gasteiger partial charge is 0.368 e. The highest BCUT2D eigenvalue weighted by Crippen LogP contribution is 1.80. The summed E-state index contributed by atoms with van der Waals surface area (Å²) in [6.45, 7) is 5.22. The van der Waals surface area contributed by atoms with Crippen LogP contribution in [0, 0.1) is 0 Å². The molecular formula is C5H10N2O. The van der Waals surface area contributed by atoms with Gasteiger partial charge in [0.25, 0.3) is 0 Å². The van der Waals surface area contributed by atoms with Crippen molar-refractivity contribution < 1.29 is 4.84 Å². The molecule has 0 saturated heterocycles. The van der Waals surface area contributed by atoms with E-state index in [1.165, 1.54) is 0 Å². The number of hydrogen-bond acceptors (Lipinski definition) is 3. The van der Waals surface area contributed by atoms with Crippen molar-refractivity contribution in [3.8, 4) is 0 Å². The summed E-state index contributed by atoms with van der Waals surface area (Å²) in [6.07, 6.45) is 2.45. The van der Waals surface area contributed by atoms with E-state index in [0.717, 1.165) is 6.42 Å². The molecule has 0 aliphatic heterocycles. The Balaban J connectivity index is 3.16. The molecule has 0 amide bonds. The monoisotopic (exact) mass is 114 g/mol. The van der Waals surface area contributed by atoms with Crippen LogP contribution >= 0.6 is 0 Å². The molecule has 0 fully saturated rings. The number of nitrogens with zero attached hydrogens (tertiary/aromatic N) is 1. The van der Waals surface area contributed by atoms with Crippen LogP contribution in [0.4, 0.5) is 0 Å². The Hall–Kier alpha value is -0.990. The van der Waals surface area contributed by atoms with Crippen LogP contribution in [-0.2, 0) is 4.84 Å². The van der Waals surface area contributed by atoms with Crippen molar-refractivity contribution in [2.24, 2.45) is 10.9 Å². The minimum absolute atomic E-state index is 0.120. The van der Waals surface area contributed by atoms with Crippen molar-refractivity contribution in [3.63, 3.8) is 0 Å². The molecule has 0 aliphatic carbocycles. The summed E-state index contributed by atoms with van der Waals surface area (Å²) in [5.41, 5.74) is 5.00. The maximum Gasteiger partial charge on any atom is 0.213 e. The molecule has 0 aliphatic rings. The third-order valence-electron chi connectivity index (χ3n) is 0.427. The van der Waals surface area contributed by atoms with E-state index in [1.54, 1.807) is 6.21 Å². The molecule has 8 heavy (non-hydrogen) atoms. The predicted octanol–water partition coefficient (Wildman–Crippen LogP) is 0.829. The van der Waals surface area contributed by atoms with Gasteiger partial charge in [-0.1, -0.05) is 12.1 Å². The van der Waals surface area contributed by atoms with E-state index >= 15 is 0 Å². The van der Waals surface area contributed by atoms with Crippen molar-refractivity contribution in [1.82, 2.24) is 0 Å². The minimum Gasteiger partial charge on any atom is -0.368 e. The standard InChI is InChI=1S/C5H10N2O/c1-3-4-7-8-5(2)6/h4H,2-3,6H2,1H3/b7-4-. The van der Waals surface area contributed by atoms with E-state index in [1.807, 2.05) is 6.92 Å². The Morgan fingerprint density at radius 3 is 3.00 bits per heavy atom. The number of rotatable bonds is 3. The van der Waals surface area contributed by atoms with E-state index < -0.39 is 0 Å². The Bertz CT molecular complexity index is 98.6. The van der Waals surface area contributed by atoms with Crippen LogP contribution in [-0.4, -0.2) is 6.21 Å². The summed E-state index contributed by atoms with van der Waals surface area (Å²) in [5.74, 6) is 0.120. The molecule has 0 heterocycles. The molecule has 46 valence electrons. The van der Waals surface area contributed by atoms with Crippen LogP contribution in [0.15, 0.2) is 17.6 Å². The Labute approximate surface area is 48.8 Å². The quantitative estimate of drug-likeness (QED) is 0.335. The first-order chi connectivity index (χ1) is 3.77. The molecule has 0 aromatic heterocycles. The molecule has 0 saturated carbocycles. The summed E-state index contributed by atoms with van der Waals surface area (Å²) < 4.78 is 0. The maximum atomic E-state index is 5.00. The van der Waals surface area contributed by atoms with Crippen molar-refractivity contribution in [1.29, 1.82) is 0 Å². The highest BCUT2D eigenvalue weighted by atomic mass is 16.6. The third kappa shape index (κ3) is 5.01. The Morgan fingerprint density at radius 2 is 2.62 bits per heavy atom. The van der Waals surface area contributed by atoms with Gasteiger partial charge in [0.05, 0.1) is 0 Å². The molecule has 3 heteroatoms. The van der Waals surface area contributed by atoms with Gasteiger partial charge in [-0.15, -0.1) is 0 Å². The lowest BCUT2D eigenvalue weighted by Gasteiger charge is -1.90. The van der Waals surface area contributed by atoms with Crippen LogP contribution < -0.4 is 5.73 Å². The fourth-order valence-electron chi connectivity index (χ4n) is 0.180. The Kier molecular flexibility index (Phi) is 3.66. The van der Waals surface area contributed by atoms with Crippen molar-refractivity contribution in [3.05, 3.63) is 12.5 Å². The zero-order valence-corrected chi connectivity index (χ0v) is 4.92. The van der Waals surface area contributed by atoms with E-state index in [2.05, 4.69) is 16.6 Å². The highest BCUT2D eigenvalue weighted by Gasteiger charge is 1.75. The normalized spacial score (nSPS) is 9.62. The molecule has 0 radical (unpaired) electrons. The first-order valence-electron chi connectivity index (χ1n) is 2.40. The van der Waals surface area contributed by atoms with Crippen LogP contribution in [0.1, 0.15) is 13.3 Å². The van der Waals surface area contributed by atoms with Crippen LogP contribution in [0.2, 0.25) is 0 Å². The van der Waals surface area contributed by atoms with Crippen molar-refractivity contribution in [2.45, 2.75) is 13.3 Å². The van der Waals surface area contributed by atoms with Gasteiger partial charge in [-0.2, -0.15) is 0 Å². The summed E-state index contributed by atoms with van der Waals surface area (Å²) >= 11 is 0. The fraction of sp³-hybridized carbons (Fsp3) is 0.400. The van der Waals surface area contributed by atoms with Gasteiger partial charge in [-0.3, -0.25) is 0 Å². The Morgan fingerprint density at radius 1 is 2.00 bits per heavy atom. The smallest absolute Gasteiger partial charge is 0.213 e. The second kappa shape index (κ2) is 4.18. The molecule has 3 nitrogen and oxygen atoms in total. The van der Waals surface area contributed by atoms with E-state index in [-0.39, 0.29) is 5.88 Å². The first-order valence-corrected chi connectivity index (χ1v) is 2.40. The number of nitrogens with two attached hydrogens (primary N) is 1. The van der Waals surface area contributed by atoms with E-state index in [0.29, 0.717) is 0 Å². The van der Waals surface area contributed by atoms with Crippen molar-refractivity contribution in [2.75, 3.05) is 0 Å². The minimum atomic E-state index is 0.120. The van der Waals surface area contributed by atoms with Gasteiger partial charge in [0.15, 0.2) is 0 Å². The number of oxime groups is 1. The van der Waals surface area contributed by atoms with E-state index in [4.69, 9.17) is 5.73 Å². The van der Waals surface area contributed by atoms with Gasteiger partial charge >= 0.3 is 0 Å². The van der Waals surface area contributed by atoms with Crippen LogP contribution in [0.25, 0.3) is 0 Å². The zero-order valence-electron chi connectivity index (χ0n) is 4.92. The molecule has 0 unspecified atom stereocenters. The molecule has 0 spiro atoms. The second-order valence-corrected chi connectivity index (χ2v) is 1.25. The average molecular weight is 114 g/mol. The average Bonchev–Trinajstić information content (AvgIpc) is 1.66. The SMILES string of the molecule is C=C(N)O/N=C\CC. The van der Waals surface area contributed by atoms with E-state index in [9.17, 15) is 0 Å². The van der Waals surface area contributed by atoms with Gasteiger partial charge in [-0.25, -0.2) is 0 Å². The zero-order chi connectivity index (χ0) is 6.41. The van der Waals surface area contributed by atoms with Crippen LogP contribution in [0.5, 0.6) is 0 Å². The van der Waals surface area contributed by atoms with Gasteiger partial charge < -0.3 is 10.6 Å². The highest BCUT2D eigenvalue weighted by molar-refractivity contribution is 5.55. The molecule has 0 aromatic carbocycles. The van der Waals surface area contributed by atoms with Gasteiger partial charge in [-0.05, 0) is 13.0 Å².